The summed E-state index contributed by atoms with van der Waals surface area (Å²) < 4.78 is 0. The van der Waals surface area contributed by atoms with E-state index in [1.807, 2.05) is 7.74 Å². The summed E-state index contributed by atoms with van der Waals surface area (Å²) in [5, 5.41) is 0. The standard InChI is InChI=1S/CH5B2N/c1-4-3-2/h2H2,1H3. The van der Waals surface area contributed by atoms with Crippen LogP contribution in [0.4, 0.5) is 0 Å². The zero-order valence-corrected chi connectivity index (χ0v) is 3.02. The van der Waals surface area contributed by atoms with Gasteiger partial charge in [0.1, 0.15) is 0 Å². The predicted octanol–water partition coefficient (Wildman–Crippen LogP) is -0.948. The van der Waals surface area contributed by atoms with Gasteiger partial charge in [0.25, 0.3) is 0 Å². The van der Waals surface area contributed by atoms with Crippen LogP contribution in [-0.4, -0.2) is 21.7 Å². The second kappa shape index (κ2) is 2.93. The van der Waals surface area contributed by atoms with E-state index in [0.717, 1.165) is 0 Å². The van der Waals surface area contributed by atoms with Crippen LogP contribution in [0.1, 0.15) is 0 Å². The molecule has 0 radical (unpaired) electrons. The van der Waals surface area contributed by atoms with Gasteiger partial charge in [-0.15, -0.1) is 0 Å². The van der Waals surface area contributed by atoms with Crippen molar-refractivity contribution < 1.29 is 0 Å². The summed E-state index contributed by atoms with van der Waals surface area (Å²) in [6.45, 7) is 1.75. The molecule has 0 aliphatic heterocycles. The summed E-state index contributed by atoms with van der Waals surface area (Å²) in [4.78, 5) is 3.61. The molecule has 0 amide bonds. The van der Waals surface area contributed by atoms with E-state index in [4.69, 9.17) is 0 Å². The fraction of sp³-hybridized carbons (Fsp3) is 1.00. The summed E-state index contributed by atoms with van der Waals surface area (Å²) in [7, 11) is 3.64. The monoisotopic (exact) mass is 53.1 g/mol. The molecule has 0 aromatic carbocycles. The third-order valence-electron chi connectivity index (χ3n) is 0.258. The van der Waals surface area contributed by atoms with Gasteiger partial charge in [0.05, 0.1) is 0 Å². The third kappa shape index (κ3) is 1.93. The van der Waals surface area contributed by atoms with E-state index in [1.54, 1.807) is 14.0 Å². The maximum absolute atomic E-state index is 3.61. The Morgan fingerprint density at radius 2 is 2.25 bits per heavy atom. The molecule has 0 saturated heterocycles. The molecular formula is CH5B2N. The molecule has 0 aromatic rings. The van der Waals surface area contributed by atoms with E-state index in [-0.39, 0.29) is 0 Å². The van der Waals surface area contributed by atoms with E-state index >= 15 is 0 Å². The zero-order valence-electron chi connectivity index (χ0n) is 3.02. The fourth-order valence-electron chi connectivity index (χ4n) is 0. The average Bonchev–Trinajstić information content (AvgIpc) is 1.37. The van der Waals surface area contributed by atoms with Crippen LogP contribution >= 0.6 is 0 Å². The van der Waals surface area contributed by atoms with Gasteiger partial charge in [0.15, 0.2) is 0 Å². The van der Waals surface area contributed by atoms with Crippen LogP contribution in [0.3, 0.4) is 0 Å². The van der Waals surface area contributed by atoms with E-state index in [0.29, 0.717) is 0 Å². The van der Waals surface area contributed by atoms with Crippen molar-refractivity contribution in [3.05, 3.63) is 0 Å². The molecule has 0 heterocycles. The van der Waals surface area contributed by atoms with Crippen LogP contribution in [0.5, 0.6) is 0 Å². The SMILES string of the molecule is BB=NC. The molecule has 0 aliphatic carbocycles. The average molecular weight is 52.7 g/mol. The number of rotatable bonds is 0. The molecule has 20 valence electrons. The van der Waals surface area contributed by atoms with Crippen LogP contribution in [0.25, 0.3) is 0 Å². The van der Waals surface area contributed by atoms with Crippen LogP contribution in [0.15, 0.2) is 4.90 Å². The second-order valence-electron chi connectivity index (χ2n) is 0.516. The molecule has 3 heteroatoms. The van der Waals surface area contributed by atoms with Gasteiger partial charge in [-0.2, -0.15) is 0 Å². The molecule has 4 heavy (non-hydrogen) atoms. The molecule has 0 saturated carbocycles. The molecule has 0 fully saturated rings. The van der Waals surface area contributed by atoms with Gasteiger partial charge in [0.2, 0.25) is 0 Å². The molecule has 0 N–H and O–H groups in total. The minimum absolute atomic E-state index is 1.75. The number of hydrogen-bond donors (Lipinski definition) is 0. The Morgan fingerprint density at radius 3 is 2.25 bits per heavy atom. The van der Waals surface area contributed by atoms with Crippen molar-refractivity contribution >= 4 is 14.7 Å². The maximum atomic E-state index is 3.61. The van der Waals surface area contributed by atoms with Gasteiger partial charge < -0.3 is 0 Å². The summed E-state index contributed by atoms with van der Waals surface area (Å²) in [5.74, 6) is 0. The van der Waals surface area contributed by atoms with Crippen molar-refractivity contribution in [3.8, 4) is 0 Å². The van der Waals surface area contributed by atoms with E-state index in [1.165, 1.54) is 0 Å². The first-order chi connectivity index (χ1) is 1.91. The van der Waals surface area contributed by atoms with Crippen molar-refractivity contribution in [1.82, 2.24) is 0 Å². The van der Waals surface area contributed by atoms with Crippen molar-refractivity contribution in [2.24, 2.45) is 4.90 Å². The Hall–Kier alpha value is -0.0701. The first-order valence-corrected chi connectivity index (χ1v) is 1.28. The molecule has 0 aliphatic rings. The molecule has 0 rings (SSSR count). The summed E-state index contributed by atoms with van der Waals surface area (Å²) in [6, 6.07) is 0. The first-order valence-electron chi connectivity index (χ1n) is 1.28. The number of nitrogens with zero attached hydrogens (tertiary/aromatic N) is 1. The van der Waals surface area contributed by atoms with Crippen molar-refractivity contribution in [3.63, 3.8) is 0 Å². The molecule has 0 atom stereocenters. The van der Waals surface area contributed by atoms with Crippen LogP contribution in [-0.2, 0) is 0 Å². The quantitative estimate of drug-likeness (QED) is 0.315. The molecular weight excluding hydrogens is 47.6 g/mol. The Bertz CT molecular complexity index is 21.2. The molecule has 0 spiro atoms. The number of hydrogen-bond acceptors (Lipinski definition) is 1. The molecule has 0 bridgehead atoms. The topological polar surface area (TPSA) is 12.4 Å². The third-order valence-corrected chi connectivity index (χ3v) is 0.258. The summed E-state index contributed by atoms with van der Waals surface area (Å²) in [5.41, 5.74) is 0. The Balaban J connectivity index is 2.55. The van der Waals surface area contributed by atoms with Crippen LogP contribution in [0.2, 0.25) is 0 Å². The van der Waals surface area contributed by atoms with Crippen molar-refractivity contribution in [1.29, 1.82) is 0 Å². The van der Waals surface area contributed by atoms with Crippen molar-refractivity contribution in [2.75, 3.05) is 7.05 Å². The fourth-order valence-corrected chi connectivity index (χ4v) is 0. The Kier molecular flexibility index (Phi) is 2.88. The molecule has 1 nitrogen and oxygen atoms in total. The Labute approximate surface area is 27.8 Å². The summed E-state index contributed by atoms with van der Waals surface area (Å²) in [6.07, 6.45) is 0. The Morgan fingerprint density at radius 1 is 2.00 bits per heavy atom. The molecule has 0 unspecified atom stereocenters. The van der Waals surface area contributed by atoms with Gasteiger partial charge in [-0.1, -0.05) is 0 Å². The van der Waals surface area contributed by atoms with Crippen molar-refractivity contribution in [2.45, 2.75) is 0 Å². The zero-order chi connectivity index (χ0) is 3.41. The minimum atomic E-state index is 1.75. The predicted molar refractivity (Wildman–Crippen MR) is 22.6 cm³/mol. The van der Waals surface area contributed by atoms with E-state index < -0.39 is 0 Å². The van der Waals surface area contributed by atoms with Gasteiger partial charge in [0, 0.05) is 0 Å². The van der Waals surface area contributed by atoms with E-state index in [9.17, 15) is 0 Å². The second-order valence-corrected chi connectivity index (χ2v) is 0.516. The van der Waals surface area contributed by atoms with Gasteiger partial charge in [-0.05, 0) is 0 Å². The summed E-state index contributed by atoms with van der Waals surface area (Å²) >= 11 is 0. The van der Waals surface area contributed by atoms with Gasteiger partial charge in [-0.25, -0.2) is 0 Å². The van der Waals surface area contributed by atoms with Crippen LogP contribution < -0.4 is 0 Å². The van der Waals surface area contributed by atoms with Gasteiger partial charge in [-0.3, -0.25) is 0 Å². The normalized spacial score (nSPS) is 7.25. The van der Waals surface area contributed by atoms with Crippen LogP contribution in [0, 0.1) is 0 Å². The first kappa shape index (κ1) is 3.93. The van der Waals surface area contributed by atoms with Gasteiger partial charge >= 0.3 is 26.6 Å². The van der Waals surface area contributed by atoms with E-state index in [2.05, 4.69) is 4.90 Å². The molecule has 0 aromatic heterocycles.